The molecule has 0 fully saturated rings. The fourth-order valence-corrected chi connectivity index (χ4v) is 3.69. The summed E-state index contributed by atoms with van der Waals surface area (Å²) in [6.07, 6.45) is 3.49. The molecule has 0 heterocycles. The van der Waals surface area contributed by atoms with Gasteiger partial charge in [0.25, 0.3) is 0 Å². The Kier molecular flexibility index (Phi) is 10.5. The van der Waals surface area contributed by atoms with Crippen molar-refractivity contribution in [2.45, 2.75) is 58.8 Å². The highest BCUT2D eigenvalue weighted by atomic mass is 16.6. The topological polar surface area (TPSA) is 97.7 Å². The van der Waals surface area contributed by atoms with E-state index < -0.39 is 29.7 Å². The van der Waals surface area contributed by atoms with Gasteiger partial charge in [0, 0.05) is 17.9 Å². The average molecular weight is 453 g/mol. The third kappa shape index (κ3) is 8.29. The lowest BCUT2D eigenvalue weighted by molar-refractivity contribution is -0.143. The van der Waals surface area contributed by atoms with Crippen molar-refractivity contribution in [3.8, 4) is 0 Å². The molecule has 0 saturated heterocycles. The van der Waals surface area contributed by atoms with E-state index in [1.807, 2.05) is 12.1 Å². The van der Waals surface area contributed by atoms with Gasteiger partial charge < -0.3 is 9.84 Å². The van der Waals surface area contributed by atoms with Crippen molar-refractivity contribution in [1.29, 1.82) is 0 Å². The van der Waals surface area contributed by atoms with Gasteiger partial charge in [-0.15, -0.1) is 0 Å². The maximum Gasteiger partial charge on any atom is 0.345 e. The summed E-state index contributed by atoms with van der Waals surface area (Å²) in [5.74, 6) is -3.99. The molecule has 6 nitrogen and oxygen atoms in total. The lowest BCUT2D eigenvalue weighted by atomic mass is 9.84. The zero-order chi connectivity index (χ0) is 24.2. The number of benzene rings is 2. The van der Waals surface area contributed by atoms with Crippen LogP contribution in [0.3, 0.4) is 0 Å². The van der Waals surface area contributed by atoms with Gasteiger partial charge in [0.15, 0.2) is 5.78 Å². The molecule has 2 atom stereocenters. The Balaban J connectivity index is 2.06. The summed E-state index contributed by atoms with van der Waals surface area (Å²) in [7, 11) is 0. The number of carboxylic acids is 1. The van der Waals surface area contributed by atoms with Gasteiger partial charge in [-0.3, -0.25) is 14.4 Å². The molecule has 0 radical (unpaired) electrons. The van der Waals surface area contributed by atoms with Crippen LogP contribution in [0.15, 0.2) is 54.6 Å². The molecule has 1 N–H and O–H groups in total. The van der Waals surface area contributed by atoms with Crippen LogP contribution in [0.1, 0.15) is 78.7 Å². The first kappa shape index (κ1) is 26.0. The first-order valence-corrected chi connectivity index (χ1v) is 11.5. The molecule has 0 bridgehead atoms. The number of Topliss-reactive ketones (excluding diaryl/α,β-unsaturated/α-hetero) is 1. The van der Waals surface area contributed by atoms with Crippen LogP contribution in [0.25, 0.3) is 0 Å². The van der Waals surface area contributed by atoms with Gasteiger partial charge in [0.1, 0.15) is 0 Å². The summed E-state index contributed by atoms with van der Waals surface area (Å²) >= 11 is 0. The number of rotatable bonds is 13. The number of carbonyl (C=O) groups excluding carboxylic acids is 3. The maximum atomic E-state index is 13.0. The Morgan fingerprint density at radius 2 is 1.55 bits per heavy atom. The molecule has 2 aromatic carbocycles. The molecule has 2 unspecified atom stereocenters. The van der Waals surface area contributed by atoms with Crippen LogP contribution in [0.5, 0.6) is 0 Å². The van der Waals surface area contributed by atoms with Crippen LogP contribution >= 0.6 is 0 Å². The number of unbranched alkanes of at least 4 members (excludes halogenated alkanes) is 1. The molecule has 33 heavy (non-hydrogen) atoms. The standard InChI is InChI=1S/C27H32O6/c1-3-5-9-19-12-14-22(15-13-19)27(32)33-26(31)20(4-2)18-23(16-17-24(28)29)25(30)21-10-7-6-8-11-21/h6-8,10-15,20,23H,3-5,9,16-18H2,1-2H3,(H,28,29). The summed E-state index contributed by atoms with van der Waals surface area (Å²) < 4.78 is 5.12. The summed E-state index contributed by atoms with van der Waals surface area (Å²) in [4.78, 5) is 49.3. The van der Waals surface area contributed by atoms with Crippen molar-refractivity contribution in [2.24, 2.45) is 11.8 Å². The first-order valence-electron chi connectivity index (χ1n) is 11.5. The van der Waals surface area contributed by atoms with Crippen LogP contribution in [-0.4, -0.2) is 28.8 Å². The van der Waals surface area contributed by atoms with Crippen LogP contribution < -0.4 is 0 Å². The van der Waals surface area contributed by atoms with E-state index in [4.69, 9.17) is 9.84 Å². The Morgan fingerprint density at radius 3 is 2.12 bits per heavy atom. The highest BCUT2D eigenvalue weighted by Crippen LogP contribution is 2.25. The number of aryl methyl sites for hydroxylation is 1. The highest BCUT2D eigenvalue weighted by Gasteiger charge is 2.29. The van der Waals surface area contributed by atoms with E-state index >= 15 is 0 Å². The second-order valence-electron chi connectivity index (χ2n) is 8.21. The minimum absolute atomic E-state index is 0.111. The molecule has 6 heteroatoms. The maximum absolute atomic E-state index is 13.0. The lowest BCUT2D eigenvalue weighted by Gasteiger charge is -2.20. The molecule has 0 saturated carbocycles. The van der Waals surface area contributed by atoms with Crippen LogP contribution in [0, 0.1) is 11.8 Å². The fraction of sp³-hybridized carbons (Fsp3) is 0.407. The van der Waals surface area contributed by atoms with Crippen LogP contribution in [0.2, 0.25) is 0 Å². The van der Waals surface area contributed by atoms with Crippen LogP contribution in [0.4, 0.5) is 0 Å². The number of carboxylic acid groups (broad SMARTS) is 1. The predicted octanol–water partition coefficient (Wildman–Crippen LogP) is 5.49. The largest absolute Gasteiger partial charge is 0.481 e. The second kappa shape index (κ2) is 13.3. The van der Waals surface area contributed by atoms with Gasteiger partial charge >= 0.3 is 17.9 Å². The van der Waals surface area contributed by atoms with Crippen molar-refractivity contribution in [3.05, 3.63) is 71.3 Å². The number of aliphatic carboxylic acids is 1. The molecule has 0 spiro atoms. The average Bonchev–Trinajstić information content (AvgIpc) is 2.83. The van der Waals surface area contributed by atoms with Crippen molar-refractivity contribution in [3.63, 3.8) is 0 Å². The molecule has 176 valence electrons. The Morgan fingerprint density at radius 1 is 0.879 bits per heavy atom. The van der Waals surface area contributed by atoms with Crippen molar-refractivity contribution >= 4 is 23.7 Å². The number of ketones is 1. The van der Waals surface area contributed by atoms with E-state index in [9.17, 15) is 19.2 Å². The normalized spacial score (nSPS) is 12.5. The number of hydrogen-bond acceptors (Lipinski definition) is 5. The van der Waals surface area contributed by atoms with E-state index in [1.165, 1.54) is 0 Å². The summed E-state index contributed by atoms with van der Waals surface area (Å²) in [5, 5.41) is 9.08. The Bertz CT molecular complexity index is 933. The molecule has 0 aliphatic heterocycles. The number of hydrogen-bond donors (Lipinski definition) is 1. The molecule has 0 aliphatic carbocycles. The van der Waals surface area contributed by atoms with Crippen molar-refractivity contribution in [1.82, 2.24) is 0 Å². The Labute approximate surface area is 195 Å². The van der Waals surface area contributed by atoms with Gasteiger partial charge in [-0.1, -0.05) is 62.7 Å². The summed E-state index contributed by atoms with van der Waals surface area (Å²) in [6, 6.07) is 15.6. The van der Waals surface area contributed by atoms with E-state index in [-0.39, 0.29) is 25.0 Å². The molecule has 2 rings (SSSR count). The monoisotopic (exact) mass is 452 g/mol. The lowest BCUT2D eigenvalue weighted by Crippen LogP contribution is -2.26. The van der Waals surface area contributed by atoms with Crippen molar-refractivity contribution in [2.75, 3.05) is 0 Å². The molecule has 0 aromatic heterocycles. The van der Waals surface area contributed by atoms with Gasteiger partial charge in [0.2, 0.25) is 0 Å². The third-order valence-electron chi connectivity index (χ3n) is 5.73. The number of ether oxygens (including phenoxy) is 1. The molecule has 0 amide bonds. The highest BCUT2D eigenvalue weighted by molar-refractivity contribution is 5.99. The van der Waals surface area contributed by atoms with E-state index in [0.29, 0.717) is 17.5 Å². The molecule has 0 aliphatic rings. The SMILES string of the molecule is CCCCc1ccc(C(=O)OC(=O)C(CC)CC(CCC(=O)O)C(=O)c2ccccc2)cc1. The smallest absolute Gasteiger partial charge is 0.345 e. The zero-order valence-electron chi connectivity index (χ0n) is 19.3. The van der Waals surface area contributed by atoms with E-state index in [2.05, 4.69) is 6.92 Å². The quantitative estimate of drug-likeness (QED) is 0.245. The fourth-order valence-electron chi connectivity index (χ4n) is 3.69. The molecular weight excluding hydrogens is 420 g/mol. The van der Waals surface area contributed by atoms with Gasteiger partial charge in [-0.05, 0) is 49.8 Å². The minimum atomic E-state index is -1.01. The summed E-state index contributed by atoms with van der Waals surface area (Å²) in [5.41, 5.74) is 1.88. The first-order chi connectivity index (χ1) is 15.8. The molecule has 2 aromatic rings. The third-order valence-corrected chi connectivity index (χ3v) is 5.73. The van der Waals surface area contributed by atoms with E-state index in [1.54, 1.807) is 49.4 Å². The zero-order valence-corrected chi connectivity index (χ0v) is 19.3. The van der Waals surface area contributed by atoms with Gasteiger partial charge in [0.05, 0.1) is 11.5 Å². The van der Waals surface area contributed by atoms with Crippen molar-refractivity contribution < 1.29 is 29.0 Å². The number of carbonyl (C=O) groups is 4. The van der Waals surface area contributed by atoms with Gasteiger partial charge in [-0.25, -0.2) is 4.79 Å². The van der Waals surface area contributed by atoms with E-state index in [0.717, 1.165) is 24.8 Å². The van der Waals surface area contributed by atoms with Crippen LogP contribution in [-0.2, 0) is 20.7 Å². The summed E-state index contributed by atoms with van der Waals surface area (Å²) in [6.45, 7) is 3.89. The molecular formula is C27H32O6. The minimum Gasteiger partial charge on any atom is -0.481 e. The van der Waals surface area contributed by atoms with Gasteiger partial charge in [-0.2, -0.15) is 0 Å². The number of esters is 2. The second-order valence-corrected chi connectivity index (χ2v) is 8.21. The predicted molar refractivity (Wildman–Crippen MR) is 125 cm³/mol. The Hall–Kier alpha value is -3.28.